The lowest BCUT2D eigenvalue weighted by Crippen LogP contribution is -2.25. The fourth-order valence-corrected chi connectivity index (χ4v) is 2.21. The molecule has 1 heterocycles. The first-order valence-corrected chi connectivity index (χ1v) is 6.71. The monoisotopic (exact) mass is 358 g/mol. The van der Waals surface area contributed by atoms with Crippen LogP contribution in [0.2, 0.25) is 0 Å². The number of fused-ring (bicyclic) bond motifs is 1. The van der Waals surface area contributed by atoms with Crippen molar-refractivity contribution >= 4 is 17.0 Å². The van der Waals surface area contributed by atoms with Gasteiger partial charge >= 0.3 is 11.7 Å². The number of hydrogen-bond donors (Lipinski definition) is 1. The van der Waals surface area contributed by atoms with Crippen LogP contribution in [0, 0.1) is 29.1 Å². The smallest absolute Gasteiger partial charge is 0.331 e. The van der Waals surface area contributed by atoms with Crippen LogP contribution in [0.4, 0.5) is 22.0 Å². The molecular formula is C15H7F5N2O3. The second-order valence-corrected chi connectivity index (χ2v) is 4.91. The number of nitrogens with one attached hydrogen (secondary N) is 1. The number of benzene rings is 2. The number of H-pyrrole nitrogens is 1. The average molecular weight is 358 g/mol. The van der Waals surface area contributed by atoms with Crippen LogP contribution in [0.25, 0.3) is 11.0 Å². The predicted molar refractivity (Wildman–Crippen MR) is 74.4 cm³/mol. The summed E-state index contributed by atoms with van der Waals surface area (Å²) in [6, 6.07) is 6.22. The van der Waals surface area contributed by atoms with E-state index in [2.05, 4.69) is 9.72 Å². The van der Waals surface area contributed by atoms with Crippen LogP contribution in [0.1, 0.15) is 0 Å². The molecule has 1 aromatic heterocycles. The summed E-state index contributed by atoms with van der Waals surface area (Å²) >= 11 is 0. The number of halogens is 5. The van der Waals surface area contributed by atoms with Crippen molar-refractivity contribution in [2.24, 2.45) is 0 Å². The van der Waals surface area contributed by atoms with Gasteiger partial charge < -0.3 is 9.72 Å². The molecule has 0 atom stereocenters. The van der Waals surface area contributed by atoms with Gasteiger partial charge in [0.1, 0.15) is 6.54 Å². The maximum Gasteiger partial charge on any atom is 0.331 e. The molecule has 0 aliphatic rings. The molecule has 130 valence electrons. The van der Waals surface area contributed by atoms with E-state index in [1.165, 1.54) is 6.07 Å². The molecule has 3 aromatic rings. The van der Waals surface area contributed by atoms with E-state index in [-0.39, 0.29) is 0 Å². The number of imidazole rings is 1. The zero-order valence-electron chi connectivity index (χ0n) is 12.1. The van der Waals surface area contributed by atoms with Crippen molar-refractivity contribution in [2.75, 3.05) is 0 Å². The van der Waals surface area contributed by atoms with E-state index in [9.17, 15) is 31.5 Å². The predicted octanol–water partition coefficient (Wildman–Crippen LogP) is 2.63. The van der Waals surface area contributed by atoms with E-state index in [4.69, 9.17) is 0 Å². The number of ether oxygens (including phenoxy) is 1. The molecule has 5 nitrogen and oxygen atoms in total. The van der Waals surface area contributed by atoms with E-state index in [0.29, 0.717) is 11.0 Å². The summed E-state index contributed by atoms with van der Waals surface area (Å²) < 4.78 is 71.3. The molecule has 0 spiro atoms. The highest BCUT2D eigenvalue weighted by Crippen LogP contribution is 2.29. The number of rotatable bonds is 3. The van der Waals surface area contributed by atoms with Gasteiger partial charge in [-0.2, -0.15) is 8.78 Å². The Morgan fingerprint density at radius 1 is 0.960 bits per heavy atom. The standard InChI is InChI=1S/C15H7F5N2O3/c16-9-10(17)12(19)14(13(20)11(9)18)25-8(23)5-22-7-4-2-1-3-6(7)21-15(22)24/h1-4H,5H2,(H,21,24). The Morgan fingerprint density at radius 3 is 2.16 bits per heavy atom. The van der Waals surface area contributed by atoms with Crippen LogP contribution in [0.15, 0.2) is 29.1 Å². The van der Waals surface area contributed by atoms with Crippen LogP contribution < -0.4 is 10.4 Å². The Kier molecular flexibility index (Phi) is 4.03. The molecule has 10 heteroatoms. The summed E-state index contributed by atoms with van der Waals surface area (Å²) in [4.78, 5) is 26.0. The molecule has 0 radical (unpaired) electrons. The van der Waals surface area contributed by atoms with Crippen LogP contribution in [0.3, 0.4) is 0 Å². The third kappa shape index (κ3) is 2.75. The van der Waals surface area contributed by atoms with E-state index < -0.39 is 53.0 Å². The van der Waals surface area contributed by atoms with Gasteiger partial charge in [-0.3, -0.25) is 4.57 Å². The summed E-state index contributed by atoms with van der Waals surface area (Å²) in [6.07, 6.45) is 0. The fraction of sp³-hybridized carbons (Fsp3) is 0.0667. The molecule has 1 N–H and O–H groups in total. The average Bonchev–Trinajstić information content (AvgIpc) is 2.91. The molecule has 0 unspecified atom stereocenters. The van der Waals surface area contributed by atoms with Gasteiger partial charge in [0.15, 0.2) is 0 Å². The van der Waals surface area contributed by atoms with Crippen molar-refractivity contribution in [3.8, 4) is 5.75 Å². The lowest BCUT2D eigenvalue weighted by Gasteiger charge is -2.09. The van der Waals surface area contributed by atoms with Gasteiger partial charge in [-0.05, 0) is 12.1 Å². The molecule has 3 rings (SSSR count). The third-order valence-electron chi connectivity index (χ3n) is 3.35. The zero-order chi connectivity index (χ0) is 18.3. The summed E-state index contributed by atoms with van der Waals surface area (Å²) in [5, 5.41) is 0. The number of carbonyl (C=O) groups is 1. The number of esters is 1. The van der Waals surface area contributed by atoms with Crippen molar-refractivity contribution in [1.82, 2.24) is 9.55 Å². The highest BCUT2D eigenvalue weighted by atomic mass is 19.2. The summed E-state index contributed by atoms with van der Waals surface area (Å²) in [5.41, 5.74) is -0.0334. The molecule has 0 saturated heterocycles. The largest absolute Gasteiger partial charge is 0.419 e. The van der Waals surface area contributed by atoms with Crippen molar-refractivity contribution in [2.45, 2.75) is 6.54 Å². The topological polar surface area (TPSA) is 64.1 Å². The first kappa shape index (κ1) is 16.7. The Balaban J connectivity index is 1.94. The lowest BCUT2D eigenvalue weighted by atomic mass is 10.2. The van der Waals surface area contributed by atoms with Gasteiger partial charge in [-0.15, -0.1) is 0 Å². The van der Waals surface area contributed by atoms with Crippen LogP contribution >= 0.6 is 0 Å². The second kappa shape index (κ2) is 6.04. The van der Waals surface area contributed by atoms with Gasteiger partial charge in [-0.1, -0.05) is 12.1 Å². The molecule has 0 bridgehead atoms. The highest BCUT2D eigenvalue weighted by Gasteiger charge is 2.28. The normalized spacial score (nSPS) is 11.1. The minimum atomic E-state index is -2.37. The fourth-order valence-electron chi connectivity index (χ4n) is 2.21. The molecule has 0 aliphatic carbocycles. The summed E-state index contributed by atoms with van der Waals surface area (Å²) in [5.74, 6) is -14.5. The molecule has 0 amide bonds. The van der Waals surface area contributed by atoms with Gasteiger partial charge in [0, 0.05) is 0 Å². The van der Waals surface area contributed by atoms with Crippen LogP contribution in [-0.2, 0) is 11.3 Å². The summed E-state index contributed by atoms with van der Waals surface area (Å²) in [7, 11) is 0. The molecule has 0 saturated carbocycles. The van der Waals surface area contributed by atoms with E-state index in [1.807, 2.05) is 0 Å². The first-order chi connectivity index (χ1) is 11.8. The number of hydrogen-bond acceptors (Lipinski definition) is 3. The molecule has 2 aromatic carbocycles. The number of nitrogens with zero attached hydrogens (tertiary/aromatic N) is 1. The quantitative estimate of drug-likeness (QED) is 0.257. The maximum absolute atomic E-state index is 13.5. The van der Waals surface area contributed by atoms with E-state index >= 15 is 0 Å². The number of aromatic nitrogens is 2. The number of carbonyl (C=O) groups excluding carboxylic acids is 1. The first-order valence-electron chi connectivity index (χ1n) is 6.71. The molecule has 0 aliphatic heterocycles. The third-order valence-corrected chi connectivity index (χ3v) is 3.35. The van der Waals surface area contributed by atoms with Gasteiger partial charge in [0.05, 0.1) is 11.0 Å². The Labute approximate surface area is 135 Å². The van der Waals surface area contributed by atoms with Gasteiger partial charge in [0.25, 0.3) is 0 Å². The lowest BCUT2D eigenvalue weighted by molar-refractivity contribution is -0.135. The Morgan fingerprint density at radius 2 is 1.52 bits per heavy atom. The van der Waals surface area contributed by atoms with Crippen molar-refractivity contribution in [1.29, 1.82) is 0 Å². The molecule has 25 heavy (non-hydrogen) atoms. The van der Waals surface area contributed by atoms with Gasteiger partial charge in [0.2, 0.25) is 34.8 Å². The zero-order valence-corrected chi connectivity index (χ0v) is 12.1. The van der Waals surface area contributed by atoms with Crippen LogP contribution in [0.5, 0.6) is 5.75 Å². The van der Waals surface area contributed by atoms with Crippen molar-refractivity contribution < 1.29 is 31.5 Å². The van der Waals surface area contributed by atoms with E-state index in [1.54, 1.807) is 18.2 Å². The van der Waals surface area contributed by atoms with Crippen molar-refractivity contribution in [3.05, 3.63) is 63.8 Å². The minimum Gasteiger partial charge on any atom is -0.419 e. The maximum atomic E-state index is 13.5. The number of para-hydroxylation sites is 2. The van der Waals surface area contributed by atoms with Crippen LogP contribution in [-0.4, -0.2) is 15.5 Å². The van der Waals surface area contributed by atoms with E-state index in [0.717, 1.165) is 4.57 Å². The molecule has 0 fully saturated rings. The Bertz CT molecular complexity index is 1030. The minimum absolute atomic E-state index is 0.293. The van der Waals surface area contributed by atoms with Gasteiger partial charge in [-0.25, -0.2) is 22.8 Å². The Hall–Kier alpha value is -3.17. The SMILES string of the molecule is O=C(Cn1c(=O)[nH]c2ccccc21)Oc1c(F)c(F)c(F)c(F)c1F. The highest BCUT2D eigenvalue weighted by molar-refractivity contribution is 5.78. The second-order valence-electron chi connectivity index (χ2n) is 4.91. The van der Waals surface area contributed by atoms with Crippen molar-refractivity contribution in [3.63, 3.8) is 0 Å². The summed E-state index contributed by atoms with van der Waals surface area (Å²) in [6.45, 7) is -0.803. The molecular weight excluding hydrogens is 351 g/mol. The number of aromatic amines is 1.